The number of fused-ring (bicyclic) bond motifs is 1. The fraction of sp³-hybridized carbons (Fsp3) is 0.0714. The standard InChI is InChI=1S/C14H9N7O3S2/c15-7-10(14(22)9-3-1-2-6-17-9)19-18-8-4-5-11(26(16,23)24)13-12(8)20-25-21-13/h1-6,10H,(H2,16,23,24). The molecule has 12 heteroatoms. The molecular weight excluding hydrogens is 378 g/mol. The fourth-order valence-electron chi connectivity index (χ4n) is 2.05. The molecule has 3 rings (SSSR count). The Hall–Kier alpha value is -3.14. The van der Waals surface area contributed by atoms with Crippen molar-refractivity contribution in [3.63, 3.8) is 0 Å². The summed E-state index contributed by atoms with van der Waals surface area (Å²) in [6.07, 6.45) is 1.43. The SMILES string of the molecule is N#CC(N=Nc1ccc(S(N)(=O)=O)c2nsnc12)C(=O)c1ccccn1. The van der Waals surface area contributed by atoms with Gasteiger partial charge in [0.05, 0.1) is 11.7 Å². The molecule has 26 heavy (non-hydrogen) atoms. The molecule has 130 valence electrons. The van der Waals surface area contributed by atoms with Crippen molar-refractivity contribution >= 4 is 44.3 Å². The van der Waals surface area contributed by atoms with Crippen LogP contribution in [0.4, 0.5) is 5.69 Å². The van der Waals surface area contributed by atoms with E-state index in [9.17, 15) is 18.5 Å². The summed E-state index contributed by atoms with van der Waals surface area (Å²) in [7, 11) is -3.98. The zero-order valence-corrected chi connectivity index (χ0v) is 14.5. The van der Waals surface area contributed by atoms with Crippen LogP contribution in [0.15, 0.2) is 51.7 Å². The fourth-order valence-corrected chi connectivity index (χ4v) is 3.34. The first-order valence-corrected chi connectivity index (χ1v) is 9.23. The van der Waals surface area contributed by atoms with Gasteiger partial charge in [-0.05, 0) is 24.3 Å². The van der Waals surface area contributed by atoms with E-state index in [0.29, 0.717) is 0 Å². The van der Waals surface area contributed by atoms with E-state index < -0.39 is 21.8 Å². The second-order valence-electron chi connectivity index (χ2n) is 4.92. The molecule has 0 fully saturated rings. The highest BCUT2D eigenvalue weighted by molar-refractivity contribution is 7.89. The predicted octanol–water partition coefficient (Wildman–Crippen LogP) is 1.59. The number of carbonyl (C=O) groups is 1. The van der Waals surface area contributed by atoms with E-state index in [2.05, 4.69) is 24.0 Å². The summed E-state index contributed by atoms with van der Waals surface area (Å²) in [6, 6.07) is 7.61. The summed E-state index contributed by atoms with van der Waals surface area (Å²) in [4.78, 5) is 15.9. The van der Waals surface area contributed by atoms with Crippen molar-refractivity contribution in [3.8, 4) is 6.07 Å². The number of sulfonamides is 1. The molecule has 1 atom stereocenters. The van der Waals surface area contributed by atoms with Crippen molar-refractivity contribution in [1.82, 2.24) is 13.7 Å². The molecule has 3 aromatic rings. The van der Waals surface area contributed by atoms with E-state index in [4.69, 9.17) is 5.14 Å². The lowest BCUT2D eigenvalue weighted by Gasteiger charge is -2.02. The number of Topliss-reactive ketones (excluding diaryl/α,β-unsaturated/α-hetero) is 1. The van der Waals surface area contributed by atoms with Gasteiger partial charge in [0.25, 0.3) is 0 Å². The number of primary sulfonamides is 1. The van der Waals surface area contributed by atoms with Crippen LogP contribution >= 0.6 is 11.7 Å². The second kappa shape index (κ2) is 7.00. The summed E-state index contributed by atoms with van der Waals surface area (Å²) < 4.78 is 31.0. The maximum absolute atomic E-state index is 12.2. The average Bonchev–Trinajstić information content (AvgIpc) is 3.11. The van der Waals surface area contributed by atoms with Crippen LogP contribution in [0.3, 0.4) is 0 Å². The minimum atomic E-state index is -3.98. The number of carbonyl (C=O) groups excluding carboxylic acids is 1. The van der Waals surface area contributed by atoms with Crippen LogP contribution in [-0.4, -0.2) is 34.0 Å². The molecule has 0 spiro atoms. The van der Waals surface area contributed by atoms with Gasteiger partial charge in [-0.2, -0.15) is 24.2 Å². The first-order chi connectivity index (χ1) is 12.4. The molecule has 1 aromatic carbocycles. The highest BCUT2D eigenvalue weighted by Gasteiger charge is 2.21. The Morgan fingerprint density at radius 1 is 1.23 bits per heavy atom. The molecule has 0 aliphatic heterocycles. The summed E-state index contributed by atoms with van der Waals surface area (Å²) in [5, 5.41) is 21.9. The van der Waals surface area contributed by atoms with Crippen molar-refractivity contribution in [1.29, 1.82) is 5.26 Å². The minimum Gasteiger partial charge on any atom is -0.289 e. The third-order valence-corrected chi connectivity index (χ3v) is 4.70. The van der Waals surface area contributed by atoms with Crippen LogP contribution in [0.25, 0.3) is 11.0 Å². The Kier molecular flexibility index (Phi) is 4.76. The summed E-state index contributed by atoms with van der Waals surface area (Å²) in [5.74, 6) is -0.606. The quantitative estimate of drug-likeness (QED) is 0.512. The molecular formula is C14H9N7O3S2. The normalized spacial score (nSPS) is 12.9. The van der Waals surface area contributed by atoms with Crippen LogP contribution in [0.2, 0.25) is 0 Å². The van der Waals surface area contributed by atoms with Gasteiger partial charge < -0.3 is 0 Å². The third-order valence-electron chi connectivity index (χ3n) is 3.23. The van der Waals surface area contributed by atoms with Gasteiger partial charge in [0, 0.05) is 6.20 Å². The van der Waals surface area contributed by atoms with E-state index in [1.165, 1.54) is 24.4 Å². The number of ketones is 1. The van der Waals surface area contributed by atoms with E-state index in [-0.39, 0.29) is 27.3 Å². The number of benzene rings is 1. The highest BCUT2D eigenvalue weighted by Crippen LogP contribution is 2.29. The van der Waals surface area contributed by atoms with E-state index >= 15 is 0 Å². The molecule has 1 unspecified atom stereocenters. The van der Waals surface area contributed by atoms with E-state index in [1.54, 1.807) is 18.2 Å². The molecule has 2 heterocycles. The van der Waals surface area contributed by atoms with E-state index in [1.807, 2.05) is 0 Å². The van der Waals surface area contributed by atoms with Gasteiger partial charge in [0.15, 0.2) is 0 Å². The van der Waals surface area contributed by atoms with Gasteiger partial charge in [-0.25, -0.2) is 13.6 Å². The summed E-state index contributed by atoms with van der Waals surface area (Å²) in [5.41, 5.74) is 0.462. The van der Waals surface area contributed by atoms with Crippen LogP contribution in [0, 0.1) is 11.3 Å². The van der Waals surface area contributed by atoms with Gasteiger partial charge in [-0.15, -0.1) is 0 Å². The number of nitrogens with zero attached hydrogens (tertiary/aromatic N) is 6. The Morgan fingerprint density at radius 2 is 2.00 bits per heavy atom. The molecule has 0 aliphatic rings. The molecule has 0 saturated heterocycles. The zero-order chi connectivity index (χ0) is 18.7. The van der Waals surface area contributed by atoms with Crippen LogP contribution < -0.4 is 5.14 Å². The predicted molar refractivity (Wildman–Crippen MR) is 91.3 cm³/mol. The smallest absolute Gasteiger partial charge is 0.240 e. The Morgan fingerprint density at radius 3 is 2.65 bits per heavy atom. The highest BCUT2D eigenvalue weighted by atomic mass is 32.2. The molecule has 0 aliphatic carbocycles. The van der Waals surface area contributed by atoms with Crippen LogP contribution in [-0.2, 0) is 10.0 Å². The lowest BCUT2D eigenvalue weighted by atomic mass is 10.1. The number of nitrogens with two attached hydrogens (primary N) is 1. The molecule has 0 bridgehead atoms. The van der Waals surface area contributed by atoms with Crippen molar-refractivity contribution in [3.05, 3.63) is 42.2 Å². The van der Waals surface area contributed by atoms with Crippen molar-refractivity contribution in [2.24, 2.45) is 15.4 Å². The number of aromatic nitrogens is 3. The number of hydrogen-bond acceptors (Lipinski definition) is 10. The van der Waals surface area contributed by atoms with E-state index in [0.717, 1.165) is 11.7 Å². The summed E-state index contributed by atoms with van der Waals surface area (Å²) >= 11 is 0.777. The second-order valence-corrected chi connectivity index (χ2v) is 6.97. The number of pyridine rings is 1. The molecule has 10 nitrogen and oxygen atoms in total. The van der Waals surface area contributed by atoms with Gasteiger partial charge >= 0.3 is 0 Å². The number of nitriles is 1. The molecule has 2 N–H and O–H groups in total. The van der Waals surface area contributed by atoms with Gasteiger partial charge in [-0.1, -0.05) is 6.07 Å². The van der Waals surface area contributed by atoms with Crippen molar-refractivity contribution in [2.75, 3.05) is 0 Å². The van der Waals surface area contributed by atoms with Gasteiger partial charge in [0.1, 0.15) is 33.4 Å². The van der Waals surface area contributed by atoms with Crippen molar-refractivity contribution < 1.29 is 13.2 Å². The first-order valence-electron chi connectivity index (χ1n) is 6.95. The topological polar surface area (TPSA) is 164 Å². The molecule has 0 radical (unpaired) electrons. The molecule has 0 saturated carbocycles. The molecule has 2 aromatic heterocycles. The summed E-state index contributed by atoms with van der Waals surface area (Å²) in [6.45, 7) is 0. The van der Waals surface area contributed by atoms with Gasteiger partial charge in [0.2, 0.25) is 21.8 Å². The monoisotopic (exact) mass is 387 g/mol. The van der Waals surface area contributed by atoms with Crippen LogP contribution in [0.5, 0.6) is 0 Å². The Balaban J connectivity index is 1.97. The van der Waals surface area contributed by atoms with Crippen molar-refractivity contribution in [2.45, 2.75) is 10.9 Å². The maximum Gasteiger partial charge on any atom is 0.240 e. The van der Waals surface area contributed by atoms with Gasteiger partial charge in [-0.3, -0.25) is 9.78 Å². The number of hydrogen-bond donors (Lipinski definition) is 1. The first kappa shape index (κ1) is 17.7. The maximum atomic E-state index is 12.2. The Bertz CT molecular complexity index is 1150. The molecule has 0 amide bonds. The largest absolute Gasteiger partial charge is 0.289 e. The van der Waals surface area contributed by atoms with Crippen LogP contribution in [0.1, 0.15) is 10.5 Å². The average molecular weight is 387 g/mol. The zero-order valence-electron chi connectivity index (χ0n) is 12.8. The number of rotatable bonds is 5. The number of azo groups is 1. The Labute approximate surface area is 151 Å². The lowest BCUT2D eigenvalue weighted by molar-refractivity contribution is 0.0974. The third kappa shape index (κ3) is 3.45. The minimum absolute atomic E-state index is 0.0542. The lowest BCUT2D eigenvalue weighted by Crippen LogP contribution is -2.17.